The molecule has 1 aromatic rings. The number of benzene rings is 1. The molecule has 21 heavy (non-hydrogen) atoms. The van der Waals surface area contributed by atoms with Crippen molar-refractivity contribution in [3.63, 3.8) is 0 Å². The zero-order chi connectivity index (χ0) is 16.2. The molecule has 0 saturated heterocycles. The van der Waals surface area contributed by atoms with E-state index in [1.54, 1.807) is 0 Å². The van der Waals surface area contributed by atoms with Crippen LogP contribution in [-0.2, 0) is 15.0 Å². The molecule has 0 fully saturated rings. The average molecular weight is 290 g/mol. The van der Waals surface area contributed by atoms with Gasteiger partial charge in [0.25, 0.3) is 0 Å². The third kappa shape index (κ3) is 5.21. The fourth-order valence-corrected chi connectivity index (χ4v) is 2.04. The third-order valence-corrected chi connectivity index (χ3v) is 3.18. The first kappa shape index (κ1) is 17.2. The lowest BCUT2D eigenvalue weighted by molar-refractivity contribution is -0.123. The number of rotatable bonds is 4. The lowest BCUT2D eigenvalue weighted by Gasteiger charge is -2.24. The first-order chi connectivity index (χ1) is 9.61. The second kappa shape index (κ2) is 6.74. The lowest BCUT2D eigenvalue weighted by atomic mass is 9.87. The van der Waals surface area contributed by atoms with Gasteiger partial charge in [-0.3, -0.25) is 9.59 Å². The van der Waals surface area contributed by atoms with E-state index in [0.717, 1.165) is 5.69 Å². The van der Waals surface area contributed by atoms with Gasteiger partial charge in [0, 0.05) is 18.7 Å². The number of anilines is 1. The summed E-state index contributed by atoms with van der Waals surface area (Å²) < 4.78 is 0. The Morgan fingerprint density at radius 1 is 1.14 bits per heavy atom. The summed E-state index contributed by atoms with van der Waals surface area (Å²) in [5.41, 5.74) is 2.00. The summed E-state index contributed by atoms with van der Waals surface area (Å²) in [4.78, 5) is 25.1. The summed E-state index contributed by atoms with van der Waals surface area (Å²) in [7, 11) is 0. The van der Waals surface area contributed by atoms with Gasteiger partial charge in [-0.05, 0) is 37.0 Å². The second-order valence-electron chi connectivity index (χ2n) is 6.62. The maximum atomic E-state index is 11.9. The van der Waals surface area contributed by atoms with Gasteiger partial charge in [-0.1, -0.05) is 32.9 Å². The molecule has 0 aromatic heterocycles. The highest BCUT2D eigenvalue weighted by Gasteiger charge is 2.18. The Bertz CT molecular complexity index is 499. The molecule has 0 unspecified atom stereocenters. The van der Waals surface area contributed by atoms with Gasteiger partial charge in [0.1, 0.15) is 6.54 Å². The average Bonchev–Trinajstić information content (AvgIpc) is 2.34. The van der Waals surface area contributed by atoms with Gasteiger partial charge in [0.15, 0.2) is 0 Å². The molecule has 0 heterocycles. The van der Waals surface area contributed by atoms with Crippen molar-refractivity contribution in [2.45, 2.75) is 53.0 Å². The van der Waals surface area contributed by atoms with Gasteiger partial charge in [-0.2, -0.15) is 0 Å². The molecular formula is C17H26N2O2. The first-order valence-corrected chi connectivity index (χ1v) is 7.29. The van der Waals surface area contributed by atoms with Crippen molar-refractivity contribution in [3.8, 4) is 0 Å². The Kier molecular flexibility index (Phi) is 5.53. The van der Waals surface area contributed by atoms with Crippen LogP contribution >= 0.6 is 0 Å². The van der Waals surface area contributed by atoms with Gasteiger partial charge in [0.2, 0.25) is 11.8 Å². The molecule has 2 amide bonds. The van der Waals surface area contributed by atoms with Crippen molar-refractivity contribution in [2.24, 2.45) is 0 Å². The molecule has 1 N–H and O–H groups in total. The zero-order valence-corrected chi connectivity index (χ0v) is 13.9. The SMILES string of the molecule is CC(=O)N(CC(=O)NC(C)C)c1ccc(C(C)(C)C)cc1. The number of nitrogens with one attached hydrogen (secondary N) is 1. The molecule has 1 rings (SSSR count). The summed E-state index contributed by atoms with van der Waals surface area (Å²) >= 11 is 0. The number of amides is 2. The summed E-state index contributed by atoms with van der Waals surface area (Å²) in [5, 5.41) is 2.80. The Balaban J connectivity index is 2.91. The van der Waals surface area contributed by atoms with E-state index in [4.69, 9.17) is 0 Å². The molecular weight excluding hydrogens is 264 g/mol. The molecule has 4 heteroatoms. The molecule has 116 valence electrons. The van der Waals surface area contributed by atoms with Gasteiger partial charge >= 0.3 is 0 Å². The van der Waals surface area contributed by atoms with Crippen LogP contribution in [0.3, 0.4) is 0 Å². The van der Waals surface area contributed by atoms with Crippen LogP contribution in [0.2, 0.25) is 0 Å². The van der Waals surface area contributed by atoms with Crippen LogP contribution in [0.1, 0.15) is 47.1 Å². The largest absolute Gasteiger partial charge is 0.352 e. The van der Waals surface area contributed by atoms with Crippen LogP contribution in [-0.4, -0.2) is 24.4 Å². The van der Waals surface area contributed by atoms with Crippen molar-refractivity contribution >= 4 is 17.5 Å². The van der Waals surface area contributed by atoms with Crippen molar-refractivity contribution in [1.82, 2.24) is 5.32 Å². The number of carbonyl (C=O) groups is 2. The third-order valence-electron chi connectivity index (χ3n) is 3.18. The van der Waals surface area contributed by atoms with Gasteiger partial charge in [-0.25, -0.2) is 0 Å². The predicted octanol–water partition coefficient (Wildman–Crippen LogP) is 2.86. The maximum Gasteiger partial charge on any atom is 0.240 e. The Hall–Kier alpha value is -1.84. The summed E-state index contributed by atoms with van der Waals surface area (Å²) in [6.07, 6.45) is 0. The van der Waals surface area contributed by atoms with Crippen LogP contribution in [0.4, 0.5) is 5.69 Å². The van der Waals surface area contributed by atoms with E-state index in [1.807, 2.05) is 38.1 Å². The van der Waals surface area contributed by atoms with E-state index < -0.39 is 0 Å². The molecule has 0 spiro atoms. The Labute approximate surface area is 127 Å². The molecule has 0 saturated carbocycles. The summed E-state index contributed by atoms with van der Waals surface area (Å²) in [6, 6.07) is 7.86. The van der Waals surface area contributed by atoms with Crippen LogP contribution < -0.4 is 10.2 Å². The van der Waals surface area contributed by atoms with E-state index in [1.165, 1.54) is 17.4 Å². The number of nitrogens with zero attached hydrogens (tertiary/aromatic N) is 1. The number of hydrogen-bond donors (Lipinski definition) is 1. The molecule has 0 aliphatic carbocycles. The molecule has 0 atom stereocenters. The molecule has 0 aliphatic rings. The fourth-order valence-electron chi connectivity index (χ4n) is 2.04. The Morgan fingerprint density at radius 2 is 1.67 bits per heavy atom. The Morgan fingerprint density at radius 3 is 2.05 bits per heavy atom. The summed E-state index contributed by atoms with van der Waals surface area (Å²) in [6.45, 7) is 11.7. The van der Waals surface area contributed by atoms with Gasteiger partial charge in [-0.15, -0.1) is 0 Å². The molecule has 1 aromatic carbocycles. The van der Waals surface area contributed by atoms with Gasteiger partial charge in [0.05, 0.1) is 0 Å². The van der Waals surface area contributed by atoms with E-state index in [9.17, 15) is 9.59 Å². The normalized spacial score (nSPS) is 11.4. The number of carbonyl (C=O) groups excluding carboxylic acids is 2. The van der Waals surface area contributed by atoms with E-state index in [-0.39, 0.29) is 29.8 Å². The fraction of sp³-hybridized carbons (Fsp3) is 0.529. The topological polar surface area (TPSA) is 49.4 Å². The zero-order valence-electron chi connectivity index (χ0n) is 13.9. The molecule has 0 radical (unpaired) electrons. The standard InChI is InChI=1S/C17H26N2O2/c1-12(2)18-16(21)11-19(13(3)20)15-9-7-14(8-10-15)17(4,5)6/h7-10,12H,11H2,1-6H3,(H,18,21). The van der Waals surface area contributed by atoms with Crippen LogP contribution in [0.25, 0.3) is 0 Å². The van der Waals surface area contributed by atoms with Crippen LogP contribution in [0, 0.1) is 0 Å². The van der Waals surface area contributed by atoms with E-state index >= 15 is 0 Å². The highest BCUT2D eigenvalue weighted by atomic mass is 16.2. The smallest absolute Gasteiger partial charge is 0.240 e. The quantitative estimate of drug-likeness (QED) is 0.927. The number of hydrogen-bond acceptors (Lipinski definition) is 2. The van der Waals surface area contributed by atoms with E-state index in [2.05, 4.69) is 26.1 Å². The first-order valence-electron chi connectivity index (χ1n) is 7.29. The monoisotopic (exact) mass is 290 g/mol. The maximum absolute atomic E-state index is 11.9. The van der Waals surface area contributed by atoms with Crippen LogP contribution in [0.5, 0.6) is 0 Å². The summed E-state index contributed by atoms with van der Waals surface area (Å²) in [5.74, 6) is -0.294. The van der Waals surface area contributed by atoms with Gasteiger partial charge < -0.3 is 10.2 Å². The molecule has 4 nitrogen and oxygen atoms in total. The van der Waals surface area contributed by atoms with Crippen molar-refractivity contribution in [2.75, 3.05) is 11.4 Å². The van der Waals surface area contributed by atoms with Crippen molar-refractivity contribution < 1.29 is 9.59 Å². The second-order valence-corrected chi connectivity index (χ2v) is 6.62. The predicted molar refractivity (Wildman–Crippen MR) is 86.4 cm³/mol. The van der Waals surface area contributed by atoms with E-state index in [0.29, 0.717) is 0 Å². The highest BCUT2D eigenvalue weighted by Crippen LogP contribution is 2.25. The van der Waals surface area contributed by atoms with Crippen molar-refractivity contribution in [1.29, 1.82) is 0 Å². The van der Waals surface area contributed by atoms with Crippen LogP contribution in [0.15, 0.2) is 24.3 Å². The minimum Gasteiger partial charge on any atom is -0.352 e. The van der Waals surface area contributed by atoms with Crippen molar-refractivity contribution in [3.05, 3.63) is 29.8 Å². The molecule has 0 bridgehead atoms. The highest BCUT2D eigenvalue weighted by molar-refractivity contribution is 5.97. The molecule has 0 aliphatic heterocycles. The minimum atomic E-state index is -0.153. The lowest BCUT2D eigenvalue weighted by Crippen LogP contribution is -2.42. The minimum absolute atomic E-state index is 0.0440.